The number of fused-ring (bicyclic) bond motifs is 10. The van der Waals surface area contributed by atoms with Gasteiger partial charge in [0.25, 0.3) is 5.82 Å². The van der Waals surface area contributed by atoms with Crippen LogP contribution in [0.5, 0.6) is 0 Å². The van der Waals surface area contributed by atoms with Gasteiger partial charge in [0.1, 0.15) is 6.20 Å². The highest BCUT2D eigenvalue weighted by atomic mass is 15.3. The minimum atomic E-state index is -1.78. The number of rotatable bonds is 1. The lowest BCUT2D eigenvalue weighted by atomic mass is 9.49. The minimum absolute atomic E-state index is 1.01. The monoisotopic (exact) mass is 496 g/mol. The molecule has 10 rings (SSSR count). The molecular weight excluding hydrogens is 475 g/mol. The van der Waals surface area contributed by atoms with Crippen molar-refractivity contribution in [3.8, 4) is 22.6 Å². The first-order chi connectivity index (χ1) is 19.4. The Morgan fingerprint density at radius 3 is 1.77 bits per heavy atom. The number of aromatic nitrogens is 4. The third-order valence-electron chi connectivity index (χ3n) is 9.22. The summed E-state index contributed by atoms with van der Waals surface area (Å²) in [7, 11) is 0. The lowest BCUT2D eigenvalue weighted by molar-refractivity contribution is -0.530. The second kappa shape index (κ2) is 6.64. The average Bonchev–Trinajstić information content (AvgIpc) is 3.53. The van der Waals surface area contributed by atoms with Crippen molar-refractivity contribution in [3.63, 3.8) is 0 Å². The first-order valence-electron chi connectivity index (χ1n) is 13.6. The number of hydrogen-bond donors (Lipinski definition) is 0. The molecule has 4 nitrogen and oxygen atoms in total. The second-order valence-electron chi connectivity index (χ2n) is 10.8. The second-order valence-corrected chi connectivity index (χ2v) is 10.8. The molecule has 2 aliphatic heterocycles. The van der Waals surface area contributed by atoms with Gasteiger partial charge in [-0.2, -0.15) is 0 Å². The van der Waals surface area contributed by atoms with Crippen LogP contribution in [0.1, 0.15) is 0 Å². The zero-order valence-electron chi connectivity index (χ0n) is 21.0. The van der Waals surface area contributed by atoms with E-state index >= 15 is 0 Å². The van der Waals surface area contributed by atoms with Crippen LogP contribution in [0.25, 0.3) is 66.3 Å². The Kier molecular flexibility index (Phi) is 3.38. The summed E-state index contributed by atoms with van der Waals surface area (Å²) in [6.07, 6.45) is 1.99. The molecule has 3 aromatic heterocycles. The van der Waals surface area contributed by atoms with E-state index in [1.54, 1.807) is 0 Å². The zero-order chi connectivity index (χ0) is 25.3. The fraction of sp³-hybridized carbons (Fsp3) is 0. The van der Waals surface area contributed by atoms with Crippen LogP contribution in [-0.2, 0) is 0 Å². The van der Waals surface area contributed by atoms with E-state index in [-0.39, 0.29) is 0 Å². The molecule has 0 saturated carbocycles. The molecule has 0 radical (unpaired) electrons. The summed E-state index contributed by atoms with van der Waals surface area (Å²) in [5.74, 6) is 1.01. The number of benzene rings is 5. The fourth-order valence-corrected chi connectivity index (χ4v) is 7.96. The highest BCUT2D eigenvalue weighted by Crippen LogP contribution is 2.46. The summed E-state index contributed by atoms with van der Waals surface area (Å²) in [5, 5.41) is 5.11. The van der Waals surface area contributed by atoms with Gasteiger partial charge in [0.15, 0.2) is 0 Å². The van der Waals surface area contributed by atoms with E-state index in [9.17, 15) is 0 Å². The summed E-state index contributed by atoms with van der Waals surface area (Å²) in [6.45, 7) is -1.78. The molecule has 5 heterocycles. The van der Waals surface area contributed by atoms with E-state index in [1.165, 1.54) is 65.9 Å². The Morgan fingerprint density at radius 1 is 0.513 bits per heavy atom. The van der Waals surface area contributed by atoms with Crippen LogP contribution in [0.4, 0.5) is 0 Å². The molecule has 8 aromatic rings. The molecule has 0 spiro atoms. The minimum Gasteiger partial charge on any atom is -0.452 e. The van der Waals surface area contributed by atoms with Crippen LogP contribution in [0.2, 0.25) is 0 Å². The molecular formula is C34H21BN4. The molecule has 5 heteroatoms. The largest absolute Gasteiger partial charge is 0.452 e. The summed E-state index contributed by atoms with van der Waals surface area (Å²) >= 11 is 0. The molecule has 0 N–H and O–H groups in total. The predicted molar refractivity (Wildman–Crippen MR) is 159 cm³/mol. The highest BCUT2D eigenvalue weighted by molar-refractivity contribution is 6.86. The maximum absolute atomic E-state index is 5.13. The Bertz CT molecular complexity index is 2210. The van der Waals surface area contributed by atoms with Gasteiger partial charge in [-0.1, -0.05) is 96.0 Å². The van der Waals surface area contributed by atoms with Crippen molar-refractivity contribution in [3.05, 3.63) is 128 Å². The van der Waals surface area contributed by atoms with Gasteiger partial charge in [0.05, 0.1) is 11.3 Å². The number of nitrogens with zero attached hydrogens (tertiary/aromatic N) is 4. The lowest BCUT2D eigenvalue weighted by Gasteiger charge is -2.50. The van der Waals surface area contributed by atoms with E-state index < -0.39 is 6.55 Å². The summed E-state index contributed by atoms with van der Waals surface area (Å²) in [4.78, 5) is 5.13. The molecule has 0 amide bonds. The highest BCUT2D eigenvalue weighted by Gasteiger charge is 2.52. The third-order valence-corrected chi connectivity index (χ3v) is 9.22. The van der Waals surface area contributed by atoms with Crippen LogP contribution in [0.3, 0.4) is 0 Å². The van der Waals surface area contributed by atoms with Crippen LogP contribution in [0.15, 0.2) is 128 Å². The van der Waals surface area contributed by atoms with Crippen LogP contribution >= 0.6 is 0 Å². The normalized spacial score (nSPS) is 16.8. The van der Waals surface area contributed by atoms with Gasteiger partial charge in [0, 0.05) is 55.2 Å². The van der Waals surface area contributed by atoms with E-state index in [4.69, 9.17) is 4.98 Å². The van der Waals surface area contributed by atoms with Crippen molar-refractivity contribution in [1.82, 2.24) is 13.9 Å². The van der Waals surface area contributed by atoms with Crippen molar-refractivity contribution in [2.24, 2.45) is 0 Å². The first kappa shape index (κ1) is 19.9. The van der Waals surface area contributed by atoms with E-state index in [0.717, 1.165) is 5.82 Å². The Labute approximate surface area is 224 Å². The SMILES string of the molecule is c1ccc([B-]23n4c5ccccc5c5cccc(c54)-c4ccnc([n+]42)-c2cccc4c5ccccc5n3c24)cc1. The molecule has 0 fully saturated rings. The number of para-hydroxylation sites is 4. The number of hydrogen-bond acceptors (Lipinski definition) is 1. The van der Waals surface area contributed by atoms with Gasteiger partial charge < -0.3 is 13.4 Å². The zero-order valence-corrected chi connectivity index (χ0v) is 21.0. The van der Waals surface area contributed by atoms with Crippen LogP contribution in [0, 0.1) is 0 Å². The van der Waals surface area contributed by atoms with Gasteiger partial charge in [-0.05, 0) is 24.3 Å². The van der Waals surface area contributed by atoms with Gasteiger partial charge >= 0.3 is 6.55 Å². The molecule has 39 heavy (non-hydrogen) atoms. The summed E-state index contributed by atoms with van der Waals surface area (Å²) in [6, 6.07) is 44.5. The molecule has 5 aromatic carbocycles. The molecule has 0 bridgehead atoms. The fourth-order valence-electron chi connectivity index (χ4n) is 7.96. The van der Waals surface area contributed by atoms with Crippen molar-refractivity contribution < 1.29 is 4.48 Å². The standard InChI is InChI=1S/C34H21BN4/c1-2-10-22(11-3-1)35-37-29-18-6-4-12-23(29)25-14-8-16-27(32(25)37)31-20-21-36-34(39(31)35)28-17-9-15-26-24-13-5-7-19-30(24)38(35)33(26)28/h1-21H. The molecule has 0 saturated heterocycles. The lowest BCUT2D eigenvalue weighted by Crippen LogP contribution is -2.83. The molecule has 1 atom stereocenters. The van der Waals surface area contributed by atoms with E-state index in [0.29, 0.717) is 0 Å². The molecule has 1 unspecified atom stereocenters. The maximum Gasteiger partial charge on any atom is 0.423 e. The quantitative estimate of drug-likeness (QED) is 0.244. The Hall–Kier alpha value is -5.16. The van der Waals surface area contributed by atoms with Crippen LogP contribution in [-0.4, -0.2) is 20.5 Å². The topological polar surface area (TPSA) is 26.6 Å². The first-order valence-corrected chi connectivity index (χ1v) is 13.6. The Morgan fingerprint density at radius 2 is 1.08 bits per heavy atom. The van der Waals surface area contributed by atoms with Gasteiger partial charge in [-0.15, -0.1) is 5.46 Å². The molecule has 0 aliphatic carbocycles. The molecule has 2 aliphatic rings. The Balaban J connectivity index is 1.62. The smallest absolute Gasteiger partial charge is 0.423 e. The average molecular weight is 496 g/mol. The van der Waals surface area contributed by atoms with Gasteiger partial charge in [-0.3, -0.25) is 0 Å². The summed E-state index contributed by atoms with van der Waals surface area (Å²) in [5.41, 5.74) is 9.88. The summed E-state index contributed by atoms with van der Waals surface area (Å²) < 4.78 is 7.85. The van der Waals surface area contributed by atoms with Gasteiger partial charge in [-0.25, -0.2) is 0 Å². The van der Waals surface area contributed by atoms with E-state index in [1.807, 2.05) is 6.20 Å². The maximum atomic E-state index is 5.13. The third kappa shape index (κ3) is 2.07. The van der Waals surface area contributed by atoms with Crippen LogP contribution < -0.4 is 9.94 Å². The molecule has 180 valence electrons. The predicted octanol–water partition coefficient (Wildman–Crippen LogP) is 6.34. The van der Waals surface area contributed by atoms with Crippen molar-refractivity contribution >= 4 is 55.6 Å². The van der Waals surface area contributed by atoms with E-state index in [2.05, 4.69) is 135 Å². The van der Waals surface area contributed by atoms with Crippen molar-refractivity contribution in [1.29, 1.82) is 0 Å². The van der Waals surface area contributed by atoms with Crippen molar-refractivity contribution in [2.45, 2.75) is 0 Å². The van der Waals surface area contributed by atoms with Crippen molar-refractivity contribution in [2.75, 3.05) is 0 Å². The van der Waals surface area contributed by atoms with Gasteiger partial charge in [0.2, 0.25) is 0 Å².